The Morgan fingerprint density at radius 3 is 2.68 bits per heavy atom. The number of hydrogen-bond donors (Lipinski definition) is 2. The molecule has 0 fully saturated rings. The van der Waals surface area contributed by atoms with Gasteiger partial charge in [0, 0.05) is 18.4 Å². The smallest absolute Gasteiger partial charge is 0.261 e. The number of para-hydroxylation sites is 1. The second-order valence-corrected chi connectivity index (χ2v) is 6.81. The molecule has 0 aliphatic heterocycles. The van der Waals surface area contributed by atoms with E-state index in [9.17, 15) is 4.79 Å². The standard InChI is InChI=1S/C20H15Cl2N5O/c21-16-8-4-5-13(18(16)22)11-23-17-9-10-27-19(26-17)15(12-24-27)20(28)25-14-6-2-1-3-7-14/h1-10,12H,11H2,(H,23,26)(H,25,28). The van der Waals surface area contributed by atoms with E-state index in [1.54, 1.807) is 22.8 Å². The molecule has 0 atom stereocenters. The summed E-state index contributed by atoms with van der Waals surface area (Å²) in [5, 5.41) is 11.2. The Morgan fingerprint density at radius 2 is 1.86 bits per heavy atom. The van der Waals surface area contributed by atoms with Crippen LogP contribution in [0.3, 0.4) is 0 Å². The second kappa shape index (κ2) is 7.88. The van der Waals surface area contributed by atoms with Crippen LogP contribution < -0.4 is 10.6 Å². The molecule has 6 nitrogen and oxygen atoms in total. The number of aromatic nitrogens is 3. The summed E-state index contributed by atoms with van der Waals surface area (Å²) in [5.41, 5.74) is 2.40. The fourth-order valence-electron chi connectivity index (χ4n) is 2.72. The molecule has 0 saturated heterocycles. The normalized spacial score (nSPS) is 10.8. The second-order valence-electron chi connectivity index (χ2n) is 6.03. The lowest BCUT2D eigenvalue weighted by molar-refractivity contribution is 0.102. The van der Waals surface area contributed by atoms with Crippen LogP contribution in [0.1, 0.15) is 15.9 Å². The van der Waals surface area contributed by atoms with Crippen molar-refractivity contribution in [3.05, 3.63) is 88.2 Å². The van der Waals surface area contributed by atoms with Crippen molar-refractivity contribution in [2.45, 2.75) is 6.54 Å². The van der Waals surface area contributed by atoms with Gasteiger partial charge >= 0.3 is 0 Å². The van der Waals surface area contributed by atoms with E-state index in [2.05, 4.69) is 20.7 Å². The molecule has 4 aromatic rings. The number of anilines is 2. The number of amides is 1. The molecule has 0 radical (unpaired) electrons. The first-order valence-electron chi connectivity index (χ1n) is 8.49. The Hall–Kier alpha value is -3.09. The maximum Gasteiger partial charge on any atom is 0.261 e. The molecular formula is C20H15Cl2N5O. The minimum Gasteiger partial charge on any atom is -0.366 e. The summed E-state index contributed by atoms with van der Waals surface area (Å²) >= 11 is 12.3. The van der Waals surface area contributed by atoms with Crippen LogP contribution in [-0.4, -0.2) is 20.5 Å². The highest BCUT2D eigenvalue weighted by Crippen LogP contribution is 2.26. The maximum absolute atomic E-state index is 12.6. The molecule has 0 spiro atoms. The molecule has 2 aromatic carbocycles. The minimum absolute atomic E-state index is 0.274. The summed E-state index contributed by atoms with van der Waals surface area (Å²) in [7, 11) is 0. The number of rotatable bonds is 5. The number of nitrogens with zero attached hydrogens (tertiary/aromatic N) is 3. The monoisotopic (exact) mass is 411 g/mol. The number of benzene rings is 2. The third-order valence-electron chi connectivity index (χ3n) is 4.14. The highest BCUT2D eigenvalue weighted by Gasteiger charge is 2.15. The van der Waals surface area contributed by atoms with Crippen molar-refractivity contribution in [1.82, 2.24) is 14.6 Å². The van der Waals surface area contributed by atoms with E-state index in [4.69, 9.17) is 23.2 Å². The van der Waals surface area contributed by atoms with Gasteiger partial charge in [0.05, 0.1) is 16.2 Å². The van der Waals surface area contributed by atoms with Crippen LogP contribution in [0.2, 0.25) is 10.0 Å². The van der Waals surface area contributed by atoms with Crippen LogP contribution in [0, 0.1) is 0 Å². The zero-order chi connectivity index (χ0) is 19.5. The molecule has 140 valence electrons. The summed E-state index contributed by atoms with van der Waals surface area (Å²) in [6, 6.07) is 16.5. The number of hydrogen-bond acceptors (Lipinski definition) is 4. The SMILES string of the molecule is O=C(Nc1ccccc1)c1cnn2ccc(NCc3cccc(Cl)c3Cl)nc12. The molecule has 4 rings (SSSR count). The number of carbonyl (C=O) groups excluding carboxylic acids is 1. The topological polar surface area (TPSA) is 71.3 Å². The van der Waals surface area contributed by atoms with Gasteiger partial charge in [-0.1, -0.05) is 53.5 Å². The van der Waals surface area contributed by atoms with Gasteiger partial charge in [0.1, 0.15) is 11.4 Å². The predicted octanol–water partition coefficient (Wildman–Crippen LogP) is 4.90. The first kappa shape index (κ1) is 18.3. The Morgan fingerprint density at radius 1 is 1.04 bits per heavy atom. The maximum atomic E-state index is 12.6. The van der Waals surface area contributed by atoms with Gasteiger partial charge in [0.15, 0.2) is 5.65 Å². The molecule has 0 saturated carbocycles. The van der Waals surface area contributed by atoms with Crippen molar-refractivity contribution in [3.8, 4) is 0 Å². The van der Waals surface area contributed by atoms with Crippen molar-refractivity contribution in [2.75, 3.05) is 10.6 Å². The number of carbonyl (C=O) groups is 1. The molecule has 2 heterocycles. The van der Waals surface area contributed by atoms with Crippen molar-refractivity contribution in [1.29, 1.82) is 0 Å². The van der Waals surface area contributed by atoms with Crippen LogP contribution in [0.15, 0.2) is 67.0 Å². The quantitative estimate of drug-likeness (QED) is 0.489. The van der Waals surface area contributed by atoms with Gasteiger partial charge in [-0.3, -0.25) is 4.79 Å². The van der Waals surface area contributed by atoms with E-state index in [0.29, 0.717) is 39.3 Å². The summed E-state index contributed by atoms with van der Waals surface area (Å²) < 4.78 is 1.55. The Kier molecular flexibility index (Phi) is 5.14. The van der Waals surface area contributed by atoms with Crippen molar-refractivity contribution < 1.29 is 4.79 Å². The van der Waals surface area contributed by atoms with Crippen molar-refractivity contribution >= 4 is 46.3 Å². The van der Waals surface area contributed by atoms with Gasteiger partial charge < -0.3 is 10.6 Å². The largest absolute Gasteiger partial charge is 0.366 e. The number of fused-ring (bicyclic) bond motifs is 1. The summed E-state index contributed by atoms with van der Waals surface area (Å²) in [5.74, 6) is 0.321. The first-order valence-corrected chi connectivity index (χ1v) is 9.25. The van der Waals surface area contributed by atoms with Crippen LogP contribution in [0.4, 0.5) is 11.5 Å². The van der Waals surface area contributed by atoms with Crippen LogP contribution >= 0.6 is 23.2 Å². The van der Waals surface area contributed by atoms with Crippen molar-refractivity contribution in [2.24, 2.45) is 0 Å². The van der Waals surface area contributed by atoms with Gasteiger partial charge in [-0.15, -0.1) is 0 Å². The molecule has 2 aromatic heterocycles. The highest BCUT2D eigenvalue weighted by atomic mass is 35.5. The molecule has 0 bridgehead atoms. The van der Waals surface area contributed by atoms with Crippen LogP contribution in [0.25, 0.3) is 5.65 Å². The highest BCUT2D eigenvalue weighted by molar-refractivity contribution is 6.42. The van der Waals surface area contributed by atoms with Gasteiger partial charge in [0.25, 0.3) is 5.91 Å². The van der Waals surface area contributed by atoms with E-state index in [-0.39, 0.29) is 5.91 Å². The van der Waals surface area contributed by atoms with E-state index < -0.39 is 0 Å². The molecule has 0 aliphatic rings. The first-order chi connectivity index (χ1) is 13.6. The van der Waals surface area contributed by atoms with Gasteiger partial charge in [0.2, 0.25) is 0 Å². The average Bonchev–Trinajstić information content (AvgIpc) is 3.13. The lowest BCUT2D eigenvalue weighted by Gasteiger charge is -2.09. The zero-order valence-corrected chi connectivity index (χ0v) is 16.1. The number of nitrogens with one attached hydrogen (secondary N) is 2. The third-order valence-corrected chi connectivity index (χ3v) is 4.99. The average molecular weight is 412 g/mol. The van der Waals surface area contributed by atoms with Gasteiger partial charge in [-0.2, -0.15) is 5.10 Å². The molecule has 0 aliphatic carbocycles. The molecular weight excluding hydrogens is 397 g/mol. The molecule has 1 amide bonds. The Labute approximate surface area is 171 Å². The minimum atomic E-state index is -0.274. The predicted molar refractivity (Wildman–Crippen MR) is 111 cm³/mol. The van der Waals surface area contributed by atoms with Crippen LogP contribution in [-0.2, 0) is 6.54 Å². The zero-order valence-electron chi connectivity index (χ0n) is 14.6. The molecule has 28 heavy (non-hydrogen) atoms. The fourth-order valence-corrected chi connectivity index (χ4v) is 3.11. The molecule has 2 N–H and O–H groups in total. The van der Waals surface area contributed by atoms with E-state index >= 15 is 0 Å². The number of halogens is 2. The van der Waals surface area contributed by atoms with Crippen LogP contribution in [0.5, 0.6) is 0 Å². The Bertz CT molecular complexity index is 1140. The third kappa shape index (κ3) is 3.78. The Balaban J connectivity index is 1.56. The fraction of sp³-hybridized carbons (Fsp3) is 0.0500. The summed E-state index contributed by atoms with van der Waals surface area (Å²) in [6.07, 6.45) is 3.24. The molecule has 8 heteroatoms. The van der Waals surface area contributed by atoms with Gasteiger partial charge in [-0.25, -0.2) is 9.50 Å². The molecule has 0 unspecified atom stereocenters. The van der Waals surface area contributed by atoms with Crippen molar-refractivity contribution in [3.63, 3.8) is 0 Å². The van der Waals surface area contributed by atoms with E-state index in [1.807, 2.05) is 42.5 Å². The van der Waals surface area contributed by atoms with E-state index in [0.717, 1.165) is 5.56 Å². The lowest BCUT2D eigenvalue weighted by atomic mass is 10.2. The van der Waals surface area contributed by atoms with Gasteiger partial charge in [-0.05, 0) is 29.8 Å². The lowest BCUT2D eigenvalue weighted by Crippen LogP contribution is -2.12. The summed E-state index contributed by atoms with van der Waals surface area (Å²) in [6.45, 7) is 0.447. The van der Waals surface area contributed by atoms with E-state index in [1.165, 1.54) is 6.20 Å². The summed E-state index contributed by atoms with van der Waals surface area (Å²) in [4.78, 5) is 17.1.